The molecule has 3 heteroatoms. The van der Waals surface area contributed by atoms with E-state index in [1.54, 1.807) is 12.4 Å². The van der Waals surface area contributed by atoms with Gasteiger partial charge in [-0.25, -0.2) is 9.97 Å². The van der Waals surface area contributed by atoms with Gasteiger partial charge in [0.25, 0.3) is 0 Å². The minimum Gasteiger partial charge on any atom is -0.297 e. The highest BCUT2D eigenvalue weighted by atomic mass is 15.2. The monoisotopic (exact) mass is 329 g/mol. The van der Waals surface area contributed by atoms with E-state index in [1.165, 1.54) is 42.6 Å². The number of hydrogen-bond donors (Lipinski definition) is 0. The van der Waals surface area contributed by atoms with Crippen molar-refractivity contribution in [1.82, 2.24) is 14.9 Å². The maximum Gasteiger partial charge on any atom is 0.159 e. The highest BCUT2D eigenvalue weighted by Gasteiger charge is 2.19. The van der Waals surface area contributed by atoms with E-state index in [9.17, 15) is 0 Å². The summed E-state index contributed by atoms with van der Waals surface area (Å²) in [5.41, 5.74) is 4.92. The molecule has 0 bridgehead atoms. The molecule has 1 aliphatic rings. The molecule has 1 aromatic heterocycles. The summed E-state index contributed by atoms with van der Waals surface area (Å²) < 4.78 is 0. The molecule has 1 aliphatic heterocycles. The summed E-state index contributed by atoms with van der Waals surface area (Å²) >= 11 is 0. The van der Waals surface area contributed by atoms with E-state index >= 15 is 0 Å². The molecule has 0 amide bonds. The number of benzene rings is 2. The van der Waals surface area contributed by atoms with Gasteiger partial charge in [-0.2, -0.15) is 0 Å². The first kappa shape index (κ1) is 16.0. The van der Waals surface area contributed by atoms with Gasteiger partial charge in [0.1, 0.15) is 0 Å². The molecule has 0 saturated carbocycles. The van der Waals surface area contributed by atoms with E-state index < -0.39 is 0 Å². The van der Waals surface area contributed by atoms with Crippen molar-refractivity contribution in [1.29, 1.82) is 0 Å². The first-order chi connectivity index (χ1) is 12.3. The fraction of sp³-hybridized carbons (Fsp3) is 0.273. The van der Waals surface area contributed by atoms with Crippen LogP contribution in [0.2, 0.25) is 0 Å². The second kappa shape index (κ2) is 7.16. The van der Waals surface area contributed by atoms with Crippen LogP contribution in [-0.2, 0) is 0 Å². The second-order valence-electron chi connectivity index (χ2n) is 6.69. The molecule has 2 heterocycles. The molecule has 0 aliphatic carbocycles. The molecule has 4 rings (SSSR count). The van der Waals surface area contributed by atoms with Crippen molar-refractivity contribution < 1.29 is 0 Å². The molecular formula is C22H23N3. The molecule has 3 aromatic rings. The molecule has 3 nitrogen and oxygen atoms in total. The fourth-order valence-electron chi connectivity index (χ4n) is 3.55. The number of aromatic nitrogens is 2. The Morgan fingerprint density at radius 1 is 0.760 bits per heavy atom. The Morgan fingerprint density at radius 3 is 1.88 bits per heavy atom. The Morgan fingerprint density at radius 2 is 1.28 bits per heavy atom. The quantitative estimate of drug-likeness (QED) is 0.677. The third-order valence-corrected chi connectivity index (χ3v) is 5.12. The summed E-state index contributed by atoms with van der Waals surface area (Å²) in [6.07, 6.45) is 6.22. The maximum atomic E-state index is 4.30. The summed E-state index contributed by atoms with van der Waals surface area (Å²) in [5, 5.41) is 0. The van der Waals surface area contributed by atoms with Crippen molar-refractivity contribution >= 4 is 0 Å². The van der Waals surface area contributed by atoms with E-state index in [1.807, 2.05) is 6.07 Å². The van der Waals surface area contributed by atoms with Crippen LogP contribution in [-0.4, -0.2) is 28.0 Å². The van der Waals surface area contributed by atoms with Crippen molar-refractivity contribution in [3.63, 3.8) is 0 Å². The molecule has 25 heavy (non-hydrogen) atoms. The van der Waals surface area contributed by atoms with Gasteiger partial charge in [-0.3, -0.25) is 4.90 Å². The Labute approximate surface area is 149 Å². The summed E-state index contributed by atoms with van der Waals surface area (Å²) in [4.78, 5) is 11.2. The third kappa shape index (κ3) is 3.47. The van der Waals surface area contributed by atoms with Crippen LogP contribution >= 0.6 is 0 Å². The SMILES string of the molecule is CC(c1ccc(-c2ccc(-c3ncccn3)cc2)cc1)N1CCCC1. The molecule has 0 N–H and O–H groups in total. The Bertz CT molecular complexity index is 804. The summed E-state index contributed by atoms with van der Waals surface area (Å²) in [6.45, 7) is 4.77. The van der Waals surface area contributed by atoms with Gasteiger partial charge in [0.15, 0.2) is 5.82 Å². The minimum absolute atomic E-state index is 0.508. The summed E-state index contributed by atoms with van der Waals surface area (Å²) in [6, 6.07) is 19.8. The molecule has 0 radical (unpaired) electrons. The zero-order chi connectivity index (χ0) is 17.1. The first-order valence-electron chi connectivity index (χ1n) is 9.03. The zero-order valence-electron chi connectivity index (χ0n) is 14.6. The van der Waals surface area contributed by atoms with Crippen molar-refractivity contribution in [2.24, 2.45) is 0 Å². The van der Waals surface area contributed by atoms with Gasteiger partial charge >= 0.3 is 0 Å². The minimum atomic E-state index is 0.508. The normalized spacial score (nSPS) is 16.0. The molecule has 2 aromatic carbocycles. The lowest BCUT2D eigenvalue weighted by Crippen LogP contribution is -2.23. The van der Waals surface area contributed by atoms with Crippen LogP contribution in [0.3, 0.4) is 0 Å². The molecule has 126 valence electrons. The third-order valence-electron chi connectivity index (χ3n) is 5.12. The average Bonchev–Trinajstić information content (AvgIpc) is 3.23. The first-order valence-corrected chi connectivity index (χ1v) is 9.03. The van der Waals surface area contributed by atoms with Crippen LogP contribution in [0.5, 0.6) is 0 Å². The Hall–Kier alpha value is -2.52. The van der Waals surface area contributed by atoms with Crippen molar-refractivity contribution in [2.45, 2.75) is 25.8 Å². The van der Waals surface area contributed by atoms with Gasteiger partial charge < -0.3 is 0 Å². The van der Waals surface area contributed by atoms with E-state index in [0.717, 1.165) is 11.4 Å². The van der Waals surface area contributed by atoms with Gasteiger partial charge in [0.2, 0.25) is 0 Å². The van der Waals surface area contributed by atoms with Crippen LogP contribution in [0.15, 0.2) is 67.0 Å². The Balaban J connectivity index is 1.52. The van der Waals surface area contributed by atoms with E-state index in [-0.39, 0.29) is 0 Å². The topological polar surface area (TPSA) is 29.0 Å². The van der Waals surface area contributed by atoms with Crippen LogP contribution in [0.4, 0.5) is 0 Å². The lowest BCUT2D eigenvalue weighted by molar-refractivity contribution is 0.263. The predicted octanol–water partition coefficient (Wildman–Crippen LogP) is 4.97. The molecule has 0 spiro atoms. The summed E-state index contributed by atoms with van der Waals surface area (Å²) in [7, 11) is 0. The van der Waals surface area contributed by atoms with Gasteiger partial charge in [-0.1, -0.05) is 48.5 Å². The highest BCUT2D eigenvalue weighted by Crippen LogP contribution is 2.28. The van der Waals surface area contributed by atoms with Crippen molar-refractivity contribution in [3.05, 3.63) is 72.6 Å². The number of likely N-dealkylation sites (tertiary alicyclic amines) is 1. The lowest BCUT2D eigenvalue weighted by Gasteiger charge is -2.24. The zero-order valence-corrected chi connectivity index (χ0v) is 14.6. The van der Waals surface area contributed by atoms with Crippen molar-refractivity contribution in [3.8, 4) is 22.5 Å². The number of rotatable bonds is 4. The van der Waals surface area contributed by atoms with Crippen LogP contribution < -0.4 is 0 Å². The number of hydrogen-bond acceptors (Lipinski definition) is 3. The lowest BCUT2D eigenvalue weighted by atomic mass is 10.00. The van der Waals surface area contributed by atoms with Crippen molar-refractivity contribution in [2.75, 3.05) is 13.1 Å². The van der Waals surface area contributed by atoms with E-state index in [0.29, 0.717) is 6.04 Å². The highest BCUT2D eigenvalue weighted by molar-refractivity contribution is 5.67. The summed E-state index contributed by atoms with van der Waals surface area (Å²) in [5.74, 6) is 0.767. The van der Waals surface area contributed by atoms with Crippen LogP contribution in [0, 0.1) is 0 Å². The fourth-order valence-corrected chi connectivity index (χ4v) is 3.55. The molecule has 1 unspecified atom stereocenters. The van der Waals surface area contributed by atoms with Gasteiger partial charge in [-0.05, 0) is 55.6 Å². The maximum absolute atomic E-state index is 4.30. The molecular weight excluding hydrogens is 306 g/mol. The van der Waals surface area contributed by atoms with Gasteiger partial charge in [-0.15, -0.1) is 0 Å². The predicted molar refractivity (Wildman–Crippen MR) is 102 cm³/mol. The largest absolute Gasteiger partial charge is 0.297 e. The van der Waals surface area contributed by atoms with Gasteiger partial charge in [0.05, 0.1) is 0 Å². The Kier molecular flexibility index (Phi) is 4.57. The van der Waals surface area contributed by atoms with E-state index in [4.69, 9.17) is 0 Å². The van der Waals surface area contributed by atoms with Crippen LogP contribution in [0.25, 0.3) is 22.5 Å². The van der Waals surface area contributed by atoms with Crippen LogP contribution in [0.1, 0.15) is 31.4 Å². The standard InChI is InChI=1S/C22H23N3/c1-17(25-15-2-3-16-25)18-5-7-19(8-6-18)20-9-11-21(12-10-20)22-23-13-4-14-24-22/h4-14,17H,2-3,15-16H2,1H3. The average molecular weight is 329 g/mol. The molecule has 1 saturated heterocycles. The van der Waals surface area contributed by atoms with Gasteiger partial charge in [0, 0.05) is 24.0 Å². The molecule has 1 fully saturated rings. The second-order valence-corrected chi connectivity index (χ2v) is 6.69. The number of nitrogens with zero attached hydrogens (tertiary/aromatic N) is 3. The smallest absolute Gasteiger partial charge is 0.159 e. The molecule has 1 atom stereocenters. The van der Waals surface area contributed by atoms with E-state index in [2.05, 4.69) is 70.3 Å².